The summed E-state index contributed by atoms with van der Waals surface area (Å²) in [5, 5.41) is 5.05. The molecule has 4 aromatic rings. The van der Waals surface area contributed by atoms with Gasteiger partial charge in [0.15, 0.2) is 0 Å². The zero-order chi connectivity index (χ0) is 20.6. The summed E-state index contributed by atoms with van der Waals surface area (Å²) in [5.41, 5.74) is 4.48. The van der Waals surface area contributed by atoms with Gasteiger partial charge in [0.25, 0.3) is 0 Å². The molecule has 0 bridgehead atoms. The number of carbonyl (C=O) groups is 1. The Morgan fingerprint density at radius 3 is 2.66 bits per heavy atom. The number of aromatic nitrogens is 2. The lowest BCUT2D eigenvalue weighted by Gasteiger charge is -2.19. The second-order valence-electron chi connectivity index (χ2n) is 8.21. The van der Waals surface area contributed by atoms with Crippen LogP contribution in [0.25, 0.3) is 21.8 Å². The average Bonchev–Trinajstić information content (AvgIpc) is 3.22. The quantitative estimate of drug-likeness (QED) is 0.352. The first-order valence-corrected chi connectivity index (χ1v) is 10.4. The number of halogens is 1. The van der Waals surface area contributed by atoms with Gasteiger partial charge in [0.05, 0.1) is 0 Å². The third-order valence-electron chi connectivity index (χ3n) is 4.97. The Balaban J connectivity index is 1.44. The number of ether oxygens (including phenoxy) is 1. The molecule has 0 saturated heterocycles. The Bertz CT molecular complexity index is 1180. The number of fused-ring (bicyclic) bond motifs is 2. The molecule has 0 aliphatic rings. The van der Waals surface area contributed by atoms with Crippen LogP contribution in [0.2, 0.25) is 0 Å². The summed E-state index contributed by atoms with van der Waals surface area (Å²) in [6.07, 6.45) is 0.263. The van der Waals surface area contributed by atoms with Gasteiger partial charge in [0.2, 0.25) is 5.88 Å². The highest BCUT2D eigenvalue weighted by atomic mass is 79.9. The molecule has 4 rings (SSSR count). The van der Waals surface area contributed by atoms with Crippen LogP contribution in [0, 0.1) is 0 Å². The largest absolute Gasteiger partial charge is 0.413 e. The van der Waals surface area contributed by atoms with E-state index >= 15 is 0 Å². The van der Waals surface area contributed by atoms with E-state index in [9.17, 15) is 4.79 Å². The SMILES string of the molecule is CC(C)(C)c1[nH]c2ccccc2c1CCNC(=O)Oc1cc2cc(Br)ccc2[nH]1. The van der Waals surface area contributed by atoms with Crippen molar-refractivity contribution in [3.05, 3.63) is 64.3 Å². The summed E-state index contributed by atoms with van der Waals surface area (Å²) in [6.45, 7) is 7.07. The minimum absolute atomic E-state index is 0.00646. The maximum absolute atomic E-state index is 12.3. The molecule has 2 aromatic carbocycles. The fourth-order valence-electron chi connectivity index (χ4n) is 3.66. The standard InChI is InChI=1S/C23H24BrN3O2/c1-23(2,3)21-17(16-6-4-5-7-19(16)27-21)10-11-25-22(28)29-20-13-14-12-15(24)8-9-18(14)26-20/h4-9,12-13,26-27H,10-11H2,1-3H3,(H,25,28). The molecule has 2 aromatic heterocycles. The van der Waals surface area contributed by atoms with E-state index in [1.165, 1.54) is 16.6 Å². The lowest BCUT2D eigenvalue weighted by Crippen LogP contribution is -2.29. The molecular weight excluding hydrogens is 430 g/mol. The van der Waals surface area contributed by atoms with Crippen LogP contribution < -0.4 is 10.1 Å². The van der Waals surface area contributed by atoms with Gasteiger partial charge in [-0.2, -0.15) is 0 Å². The van der Waals surface area contributed by atoms with Crippen molar-refractivity contribution in [1.82, 2.24) is 15.3 Å². The van der Waals surface area contributed by atoms with E-state index < -0.39 is 6.09 Å². The second-order valence-corrected chi connectivity index (χ2v) is 9.12. The van der Waals surface area contributed by atoms with Crippen LogP contribution in [-0.2, 0) is 11.8 Å². The predicted octanol–water partition coefficient (Wildman–Crippen LogP) is 6.04. The normalized spacial score (nSPS) is 11.9. The van der Waals surface area contributed by atoms with Crippen LogP contribution in [0.4, 0.5) is 4.79 Å². The highest BCUT2D eigenvalue weighted by molar-refractivity contribution is 9.10. The smallest absolute Gasteiger partial charge is 0.393 e. The van der Waals surface area contributed by atoms with Crippen molar-refractivity contribution in [2.45, 2.75) is 32.6 Å². The summed E-state index contributed by atoms with van der Waals surface area (Å²) in [4.78, 5) is 18.9. The maximum atomic E-state index is 12.3. The molecule has 150 valence electrons. The van der Waals surface area contributed by atoms with Crippen molar-refractivity contribution in [3.63, 3.8) is 0 Å². The maximum Gasteiger partial charge on any atom is 0.413 e. The van der Waals surface area contributed by atoms with E-state index in [0.717, 1.165) is 27.3 Å². The van der Waals surface area contributed by atoms with E-state index in [4.69, 9.17) is 4.74 Å². The molecule has 0 spiro atoms. The molecule has 29 heavy (non-hydrogen) atoms. The van der Waals surface area contributed by atoms with Crippen molar-refractivity contribution in [2.24, 2.45) is 0 Å². The average molecular weight is 454 g/mol. The fraction of sp³-hybridized carbons (Fsp3) is 0.261. The number of nitrogens with one attached hydrogen (secondary N) is 3. The van der Waals surface area contributed by atoms with Gasteiger partial charge in [-0.05, 0) is 36.2 Å². The van der Waals surface area contributed by atoms with Crippen molar-refractivity contribution >= 4 is 43.8 Å². The number of para-hydroxylation sites is 1. The highest BCUT2D eigenvalue weighted by Crippen LogP contribution is 2.31. The Morgan fingerprint density at radius 1 is 1.07 bits per heavy atom. The number of carbonyl (C=O) groups excluding carboxylic acids is 1. The first-order chi connectivity index (χ1) is 13.8. The molecule has 0 radical (unpaired) electrons. The Kier molecular flexibility index (Phi) is 5.13. The van der Waals surface area contributed by atoms with Gasteiger partial charge in [0, 0.05) is 50.0 Å². The number of aromatic amines is 2. The molecule has 1 amide bonds. The van der Waals surface area contributed by atoms with E-state index in [2.05, 4.69) is 64.1 Å². The van der Waals surface area contributed by atoms with Crippen molar-refractivity contribution < 1.29 is 9.53 Å². The lowest BCUT2D eigenvalue weighted by atomic mass is 9.88. The summed E-state index contributed by atoms with van der Waals surface area (Å²) >= 11 is 3.45. The molecule has 0 aliphatic carbocycles. The molecule has 3 N–H and O–H groups in total. The predicted molar refractivity (Wildman–Crippen MR) is 121 cm³/mol. The van der Waals surface area contributed by atoms with Crippen LogP contribution in [0.1, 0.15) is 32.0 Å². The van der Waals surface area contributed by atoms with Gasteiger partial charge in [-0.25, -0.2) is 4.79 Å². The minimum atomic E-state index is -0.465. The van der Waals surface area contributed by atoms with Crippen molar-refractivity contribution in [2.75, 3.05) is 6.54 Å². The van der Waals surface area contributed by atoms with Gasteiger partial charge in [-0.3, -0.25) is 0 Å². The third-order valence-corrected chi connectivity index (χ3v) is 5.46. The monoisotopic (exact) mass is 453 g/mol. The third kappa shape index (κ3) is 4.17. The van der Waals surface area contributed by atoms with Gasteiger partial charge in [0.1, 0.15) is 0 Å². The molecule has 6 heteroatoms. The number of amides is 1. The fourth-order valence-corrected chi connectivity index (χ4v) is 4.04. The molecule has 0 unspecified atom stereocenters. The van der Waals surface area contributed by atoms with Gasteiger partial charge < -0.3 is 20.0 Å². The van der Waals surface area contributed by atoms with Crippen LogP contribution in [0.5, 0.6) is 5.88 Å². The molecule has 5 nitrogen and oxygen atoms in total. The van der Waals surface area contributed by atoms with Crippen molar-refractivity contribution in [3.8, 4) is 5.88 Å². The second kappa shape index (κ2) is 7.59. The zero-order valence-corrected chi connectivity index (χ0v) is 18.3. The number of H-pyrrole nitrogens is 2. The molecule has 2 heterocycles. The molecule has 0 fully saturated rings. The number of hydrogen-bond donors (Lipinski definition) is 3. The lowest BCUT2D eigenvalue weighted by molar-refractivity contribution is 0.199. The van der Waals surface area contributed by atoms with E-state index in [1.54, 1.807) is 0 Å². The van der Waals surface area contributed by atoms with Gasteiger partial charge >= 0.3 is 6.09 Å². The topological polar surface area (TPSA) is 69.9 Å². The minimum Gasteiger partial charge on any atom is -0.393 e. The summed E-state index contributed by atoms with van der Waals surface area (Å²) < 4.78 is 6.39. The zero-order valence-electron chi connectivity index (χ0n) is 16.7. The van der Waals surface area contributed by atoms with Gasteiger partial charge in [-0.15, -0.1) is 0 Å². The first-order valence-electron chi connectivity index (χ1n) is 9.65. The Morgan fingerprint density at radius 2 is 1.86 bits per heavy atom. The number of hydrogen-bond acceptors (Lipinski definition) is 2. The Labute approximate surface area is 178 Å². The highest BCUT2D eigenvalue weighted by Gasteiger charge is 2.22. The van der Waals surface area contributed by atoms with Crippen molar-refractivity contribution in [1.29, 1.82) is 0 Å². The van der Waals surface area contributed by atoms with E-state index in [1.807, 2.05) is 36.4 Å². The number of rotatable bonds is 4. The first kappa shape index (κ1) is 19.6. The molecule has 0 aliphatic heterocycles. The van der Waals surface area contributed by atoms with E-state index in [-0.39, 0.29) is 5.41 Å². The number of benzene rings is 2. The van der Waals surface area contributed by atoms with Crippen LogP contribution in [-0.4, -0.2) is 22.6 Å². The van der Waals surface area contributed by atoms with Crippen LogP contribution in [0.3, 0.4) is 0 Å². The summed E-state index contributed by atoms with van der Waals surface area (Å²) in [5.74, 6) is 0.429. The molecule has 0 saturated carbocycles. The van der Waals surface area contributed by atoms with Crippen LogP contribution >= 0.6 is 15.9 Å². The Hall–Kier alpha value is -2.73. The van der Waals surface area contributed by atoms with E-state index in [0.29, 0.717) is 12.4 Å². The molecular formula is C23H24BrN3O2. The van der Waals surface area contributed by atoms with Crippen LogP contribution in [0.15, 0.2) is 53.0 Å². The molecule has 0 atom stereocenters. The summed E-state index contributed by atoms with van der Waals surface area (Å²) in [7, 11) is 0. The van der Waals surface area contributed by atoms with Gasteiger partial charge in [-0.1, -0.05) is 54.9 Å². The summed E-state index contributed by atoms with van der Waals surface area (Å²) in [6, 6.07) is 16.0.